The number of aromatic carboxylic acids is 1. The molecule has 1 aliphatic rings. The number of carbonyl (C=O) groups is 2. The molecule has 0 atom stereocenters. The number of carboxylic acid groups (broad SMARTS) is 1. The van der Waals surface area contributed by atoms with Gasteiger partial charge in [0, 0.05) is 30.9 Å². The zero-order valence-electron chi connectivity index (χ0n) is 20.6. The Balaban J connectivity index is 1.58. The number of rotatable bonds is 9. The number of morpholine rings is 1. The molecule has 1 fully saturated rings. The van der Waals surface area contributed by atoms with Gasteiger partial charge in [-0.2, -0.15) is 0 Å². The van der Waals surface area contributed by atoms with Gasteiger partial charge >= 0.3 is 5.97 Å². The smallest absolute Gasteiger partial charge is 0.335 e. The maximum atomic E-state index is 13.8. The Morgan fingerprint density at radius 1 is 1.13 bits per heavy atom. The topological polar surface area (TPSA) is 129 Å². The Kier molecular flexibility index (Phi) is 8.50. The van der Waals surface area contributed by atoms with Crippen LogP contribution in [0.4, 0.5) is 11.5 Å². The zero-order valence-corrected chi connectivity index (χ0v) is 22.2. The van der Waals surface area contributed by atoms with Gasteiger partial charge in [0.05, 0.1) is 24.5 Å². The molecule has 38 heavy (non-hydrogen) atoms. The van der Waals surface area contributed by atoms with E-state index in [0.717, 1.165) is 4.31 Å². The molecule has 1 aromatic heterocycles. The van der Waals surface area contributed by atoms with E-state index in [-0.39, 0.29) is 22.7 Å². The van der Waals surface area contributed by atoms with Crippen molar-refractivity contribution >= 4 is 45.0 Å². The average molecular weight is 559 g/mol. The van der Waals surface area contributed by atoms with Gasteiger partial charge in [0.2, 0.25) is 5.91 Å². The second kappa shape index (κ2) is 11.8. The molecule has 2 aromatic carbocycles. The molecule has 2 heterocycles. The highest BCUT2D eigenvalue weighted by Crippen LogP contribution is 2.31. The van der Waals surface area contributed by atoms with Crippen LogP contribution in [-0.2, 0) is 26.1 Å². The molecule has 12 heteroatoms. The minimum Gasteiger partial charge on any atom is -0.478 e. The number of hydrogen-bond acceptors (Lipinski definition) is 7. The van der Waals surface area contributed by atoms with Gasteiger partial charge in [0.1, 0.15) is 17.3 Å². The second-order valence-corrected chi connectivity index (χ2v) is 10.9. The summed E-state index contributed by atoms with van der Waals surface area (Å²) in [4.78, 5) is 30.5. The summed E-state index contributed by atoms with van der Waals surface area (Å²) in [5.41, 5.74) is 1.41. The molecule has 3 aromatic rings. The predicted octanol–water partition coefficient (Wildman–Crippen LogP) is 3.09. The van der Waals surface area contributed by atoms with Gasteiger partial charge in [-0.05, 0) is 54.4 Å². The summed E-state index contributed by atoms with van der Waals surface area (Å²) in [5.74, 6) is -1.02. The number of sulfonamides is 1. The monoisotopic (exact) mass is 558 g/mol. The van der Waals surface area contributed by atoms with Gasteiger partial charge in [-0.25, -0.2) is 18.2 Å². The second-order valence-electron chi connectivity index (χ2n) is 8.63. The number of nitrogens with one attached hydrogen (secondary N) is 1. The number of carboxylic acids is 1. The molecular formula is C26H27ClN4O6S. The molecule has 4 rings (SSSR count). The van der Waals surface area contributed by atoms with E-state index in [1.807, 2.05) is 4.90 Å². The molecule has 0 unspecified atom stereocenters. The molecule has 0 aliphatic carbocycles. The number of anilines is 2. The lowest BCUT2D eigenvalue weighted by Crippen LogP contribution is -2.41. The third-order valence-corrected chi connectivity index (χ3v) is 8.26. The first-order valence-electron chi connectivity index (χ1n) is 11.8. The van der Waals surface area contributed by atoms with Crippen molar-refractivity contribution in [3.05, 3.63) is 82.5 Å². The van der Waals surface area contributed by atoms with Crippen LogP contribution in [0.3, 0.4) is 0 Å². The molecule has 1 amide bonds. The van der Waals surface area contributed by atoms with Crippen molar-refractivity contribution in [2.75, 3.05) is 42.1 Å². The lowest BCUT2D eigenvalue weighted by Gasteiger charge is -2.28. The standard InChI is InChI=1S/C26H27ClN4O6S/c1-18-22(27)6-3-7-23(18)31(17-25(32)29-15-19-4-2-5-20(14-19)26(33)34)38(35,36)21-8-9-24(28-16-21)30-10-12-37-13-11-30/h2-9,14,16H,10-13,15,17H2,1H3,(H,29,32)(H,33,34). The number of carbonyl (C=O) groups excluding carboxylic acids is 1. The van der Waals surface area contributed by atoms with Gasteiger partial charge in [-0.3, -0.25) is 9.10 Å². The van der Waals surface area contributed by atoms with Crippen LogP contribution in [0, 0.1) is 6.92 Å². The minimum atomic E-state index is -4.21. The van der Waals surface area contributed by atoms with Crippen molar-refractivity contribution in [3.8, 4) is 0 Å². The molecular weight excluding hydrogens is 532 g/mol. The fourth-order valence-corrected chi connectivity index (χ4v) is 5.59. The number of amides is 1. The zero-order chi connectivity index (χ0) is 27.3. The van der Waals surface area contributed by atoms with Crippen LogP contribution in [0.2, 0.25) is 5.02 Å². The Labute approximate surface area is 225 Å². The molecule has 0 saturated carbocycles. The van der Waals surface area contributed by atoms with Gasteiger partial charge in [0.15, 0.2) is 0 Å². The minimum absolute atomic E-state index is 0.0260. The highest BCUT2D eigenvalue weighted by atomic mass is 35.5. The van der Waals surface area contributed by atoms with Gasteiger partial charge in [-0.1, -0.05) is 29.8 Å². The molecule has 10 nitrogen and oxygen atoms in total. The highest BCUT2D eigenvalue weighted by molar-refractivity contribution is 7.92. The van der Waals surface area contributed by atoms with Crippen molar-refractivity contribution in [2.24, 2.45) is 0 Å². The Morgan fingerprint density at radius 2 is 1.87 bits per heavy atom. The maximum Gasteiger partial charge on any atom is 0.335 e. The predicted molar refractivity (Wildman–Crippen MR) is 143 cm³/mol. The molecule has 0 radical (unpaired) electrons. The van der Waals surface area contributed by atoms with Crippen molar-refractivity contribution < 1.29 is 27.9 Å². The Bertz CT molecular complexity index is 1430. The lowest BCUT2D eigenvalue weighted by atomic mass is 10.1. The van der Waals surface area contributed by atoms with Gasteiger partial charge < -0.3 is 20.1 Å². The van der Waals surface area contributed by atoms with Crippen molar-refractivity contribution in [1.82, 2.24) is 10.3 Å². The third kappa shape index (κ3) is 6.24. The number of pyridine rings is 1. The van der Waals surface area contributed by atoms with Crippen LogP contribution in [0.25, 0.3) is 0 Å². The SMILES string of the molecule is Cc1c(Cl)cccc1N(CC(=O)NCc1cccc(C(=O)O)c1)S(=O)(=O)c1ccc(N2CCOCC2)nc1. The normalized spacial score (nSPS) is 13.7. The summed E-state index contributed by atoms with van der Waals surface area (Å²) in [6, 6.07) is 14.1. The molecule has 200 valence electrons. The number of aromatic nitrogens is 1. The number of ether oxygens (including phenoxy) is 1. The maximum absolute atomic E-state index is 13.8. The molecule has 0 bridgehead atoms. The highest BCUT2D eigenvalue weighted by Gasteiger charge is 2.29. The van der Waals surface area contributed by atoms with Crippen LogP contribution in [0.1, 0.15) is 21.5 Å². The Hall–Kier alpha value is -3.67. The summed E-state index contributed by atoms with van der Waals surface area (Å²) in [7, 11) is -4.21. The van der Waals surface area contributed by atoms with Gasteiger partial charge in [0.25, 0.3) is 10.0 Å². The fraction of sp³-hybridized carbons (Fsp3) is 0.269. The van der Waals surface area contributed by atoms with Crippen LogP contribution in [0.15, 0.2) is 65.7 Å². The van der Waals surface area contributed by atoms with E-state index >= 15 is 0 Å². The van der Waals surface area contributed by atoms with Crippen molar-refractivity contribution in [1.29, 1.82) is 0 Å². The summed E-state index contributed by atoms with van der Waals surface area (Å²) < 4.78 is 33.9. The largest absolute Gasteiger partial charge is 0.478 e. The van der Waals surface area contributed by atoms with Crippen LogP contribution in [-0.4, -0.2) is 63.2 Å². The Morgan fingerprint density at radius 3 is 2.55 bits per heavy atom. The molecule has 1 aliphatic heterocycles. The molecule has 1 saturated heterocycles. The van der Waals surface area contributed by atoms with Crippen molar-refractivity contribution in [2.45, 2.75) is 18.4 Å². The van der Waals surface area contributed by atoms with E-state index in [9.17, 15) is 23.1 Å². The quantitative estimate of drug-likeness (QED) is 0.410. The van der Waals surface area contributed by atoms with E-state index in [2.05, 4.69) is 10.3 Å². The summed E-state index contributed by atoms with van der Waals surface area (Å²) >= 11 is 6.28. The average Bonchev–Trinajstić information content (AvgIpc) is 2.93. The fourth-order valence-electron chi connectivity index (χ4n) is 4.00. The first-order valence-corrected chi connectivity index (χ1v) is 13.6. The van der Waals surface area contributed by atoms with E-state index in [1.54, 1.807) is 43.3 Å². The van der Waals surface area contributed by atoms with E-state index < -0.39 is 28.4 Å². The lowest BCUT2D eigenvalue weighted by molar-refractivity contribution is -0.119. The first kappa shape index (κ1) is 27.4. The van der Waals surface area contributed by atoms with Gasteiger partial charge in [-0.15, -0.1) is 0 Å². The third-order valence-electron chi connectivity index (χ3n) is 6.10. The van der Waals surface area contributed by atoms with E-state index in [1.165, 1.54) is 24.4 Å². The first-order chi connectivity index (χ1) is 18.2. The molecule has 2 N–H and O–H groups in total. The van der Waals surface area contributed by atoms with Crippen LogP contribution < -0.4 is 14.5 Å². The number of benzene rings is 2. The van der Waals surface area contributed by atoms with E-state index in [4.69, 9.17) is 16.3 Å². The summed E-state index contributed by atoms with van der Waals surface area (Å²) in [6.45, 7) is 3.63. The number of halogens is 1. The molecule has 0 spiro atoms. The summed E-state index contributed by atoms with van der Waals surface area (Å²) in [5, 5.41) is 12.2. The number of hydrogen-bond donors (Lipinski definition) is 2. The van der Waals surface area contributed by atoms with E-state index in [0.29, 0.717) is 48.3 Å². The summed E-state index contributed by atoms with van der Waals surface area (Å²) in [6.07, 6.45) is 1.28. The van der Waals surface area contributed by atoms with Crippen LogP contribution in [0.5, 0.6) is 0 Å². The van der Waals surface area contributed by atoms with Crippen molar-refractivity contribution in [3.63, 3.8) is 0 Å². The van der Waals surface area contributed by atoms with Crippen LogP contribution >= 0.6 is 11.6 Å². The number of nitrogens with zero attached hydrogens (tertiary/aromatic N) is 3.